The van der Waals surface area contributed by atoms with Gasteiger partial charge in [0, 0.05) is 23.7 Å². The number of ketones is 2. The van der Waals surface area contributed by atoms with E-state index in [1.807, 2.05) is 0 Å². The summed E-state index contributed by atoms with van der Waals surface area (Å²) >= 11 is 0. The van der Waals surface area contributed by atoms with Gasteiger partial charge in [0.2, 0.25) is 0 Å². The summed E-state index contributed by atoms with van der Waals surface area (Å²) in [7, 11) is 1.70. The molecule has 0 atom stereocenters. The number of fused-ring (bicyclic) bond motifs is 2. The zero-order valence-electron chi connectivity index (χ0n) is 13.0. The Bertz CT molecular complexity index is 812. The Morgan fingerprint density at radius 3 is 2.22 bits per heavy atom. The van der Waals surface area contributed by atoms with Crippen LogP contribution >= 0.6 is 0 Å². The monoisotopic (exact) mass is 309 g/mol. The lowest BCUT2D eigenvalue weighted by Gasteiger charge is -2.24. The number of hydrogen-bond donors (Lipinski definition) is 3. The van der Waals surface area contributed by atoms with Crippen LogP contribution in [0.1, 0.15) is 43.8 Å². The third kappa shape index (κ3) is 2.29. The van der Waals surface area contributed by atoms with Crippen LogP contribution in [0.2, 0.25) is 0 Å². The number of nitrogens with one attached hydrogen (secondary N) is 1. The fraction of sp³-hybridized carbons (Fsp3) is 0.222. The summed E-state index contributed by atoms with van der Waals surface area (Å²) in [6, 6.07) is 8.68. The van der Waals surface area contributed by atoms with Crippen molar-refractivity contribution in [1.29, 1.82) is 0 Å². The molecule has 2 aromatic rings. The number of nitrogen functional groups attached to an aromatic ring is 1. The fourth-order valence-corrected chi connectivity index (χ4v) is 3.16. The summed E-state index contributed by atoms with van der Waals surface area (Å²) < 4.78 is 0. The van der Waals surface area contributed by atoms with E-state index in [1.54, 1.807) is 37.4 Å². The van der Waals surface area contributed by atoms with Crippen LogP contribution in [0, 0.1) is 0 Å². The average molecular weight is 309 g/mol. The molecule has 3 rings (SSSR count). The van der Waals surface area contributed by atoms with Crippen LogP contribution in [-0.2, 0) is 6.42 Å². The van der Waals surface area contributed by atoms with E-state index in [9.17, 15) is 9.59 Å². The van der Waals surface area contributed by atoms with E-state index in [2.05, 4.69) is 5.32 Å². The van der Waals surface area contributed by atoms with E-state index in [0.717, 1.165) is 12.0 Å². The average Bonchev–Trinajstić information content (AvgIpc) is 2.57. The minimum Gasteiger partial charge on any atom is -0.397 e. The zero-order chi connectivity index (χ0) is 16.6. The van der Waals surface area contributed by atoms with Gasteiger partial charge in [0.15, 0.2) is 11.6 Å². The maximum Gasteiger partial charge on any atom is 0.196 e. The summed E-state index contributed by atoms with van der Waals surface area (Å²) in [4.78, 5) is 25.9. The minimum atomic E-state index is -0.166. The molecule has 5 heteroatoms. The Hall–Kier alpha value is -2.66. The third-order valence-electron chi connectivity index (χ3n) is 4.21. The molecule has 23 heavy (non-hydrogen) atoms. The Morgan fingerprint density at radius 1 is 1.04 bits per heavy atom. The normalized spacial score (nSPS) is 12.8. The maximum absolute atomic E-state index is 13.0. The van der Waals surface area contributed by atoms with Crippen LogP contribution in [0.4, 0.5) is 11.4 Å². The van der Waals surface area contributed by atoms with Gasteiger partial charge in [-0.25, -0.2) is 0 Å². The number of aryl methyl sites for hydroxylation is 1. The molecule has 0 heterocycles. The second-order valence-corrected chi connectivity index (χ2v) is 5.60. The van der Waals surface area contributed by atoms with Gasteiger partial charge in [-0.3, -0.25) is 9.59 Å². The number of hydrogen-bond acceptors (Lipinski definition) is 5. The highest BCUT2D eigenvalue weighted by atomic mass is 16.1. The molecule has 0 fully saturated rings. The van der Waals surface area contributed by atoms with Gasteiger partial charge in [-0.05, 0) is 31.0 Å². The van der Waals surface area contributed by atoms with Crippen molar-refractivity contribution in [3.63, 3.8) is 0 Å². The molecular formula is C18H19N3O2. The number of nitrogens with two attached hydrogens (primary N) is 2. The SMILES string of the molecule is CNc1c(N)cc(CCCN)c2c1C(=O)c1ccccc1C2=O. The quantitative estimate of drug-likeness (QED) is 0.640. The van der Waals surface area contributed by atoms with Gasteiger partial charge in [0.05, 0.1) is 16.9 Å². The number of carbonyl (C=O) groups is 2. The van der Waals surface area contributed by atoms with Crippen LogP contribution in [0.15, 0.2) is 30.3 Å². The molecule has 5 N–H and O–H groups in total. The molecule has 118 valence electrons. The molecule has 0 unspecified atom stereocenters. The molecule has 0 saturated carbocycles. The molecule has 5 nitrogen and oxygen atoms in total. The van der Waals surface area contributed by atoms with E-state index < -0.39 is 0 Å². The van der Waals surface area contributed by atoms with E-state index in [-0.39, 0.29) is 11.6 Å². The van der Waals surface area contributed by atoms with E-state index in [4.69, 9.17) is 11.5 Å². The first kappa shape index (κ1) is 15.2. The lowest BCUT2D eigenvalue weighted by molar-refractivity contribution is 0.0979. The van der Waals surface area contributed by atoms with Crippen molar-refractivity contribution in [2.45, 2.75) is 12.8 Å². The molecule has 0 radical (unpaired) electrons. The summed E-state index contributed by atoms with van der Waals surface area (Å²) in [6.07, 6.45) is 1.35. The van der Waals surface area contributed by atoms with Crippen molar-refractivity contribution in [2.75, 3.05) is 24.6 Å². The minimum absolute atomic E-state index is 0.126. The Balaban J connectivity index is 2.30. The van der Waals surface area contributed by atoms with Crippen LogP contribution in [0.25, 0.3) is 0 Å². The topological polar surface area (TPSA) is 98.2 Å². The van der Waals surface area contributed by atoms with Gasteiger partial charge in [0.1, 0.15) is 0 Å². The van der Waals surface area contributed by atoms with Crippen LogP contribution in [-0.4, -0.2) is 25.2 Å². The van der Waals surface area contributed by atoms with Crippen LogP contribution in [0.3, 0.4) is 0 Å². The third-order valence-corrected chi connectivity index (χ3v) is 4.21. The van der Waals surface area contributed by atoms with Crippen LogP contribution in [0.5, 0.6) is 0 Å². The van der Waals surface area contributed by atoms with Crippen molar-refractivity contribution in [1.82, 2.24) is 0 Å². The summed E-state index contributed by atoms with van der Waals surface area (Å²) in [5.41, 5.74) is 15.2. The summed E-state index contributed by atoms with van der Waals surface area (Å²) in [6.45, 7) is 0.515. The molecule has 0 aliphatic heterocycles. The number of rotatable bonds is 4. The van der Waals surface area contributed by atoms with Gasteiger partial charge >= 0.3 is 0 Å². The van der Waals surface area contributed by atoms with Crippen molar-refractivity contribution >= 4 is 22.9 Å². The maximum atomic E-state index is 13.0. The molecule has 1 aliphatic carbocycles. The first-order valence-corrected chi connectivity index (χ1v) is 7.61. The molecule has 0 amide bonds. The van der Waals surface area contributed by atoms with E-state index >= 15 is 0 Å². The lowest BCUT2D eigenvalue weighted by Crippen LogP contribution is -2.25. The molecule has 0 saturated heterocycles. The molecule has 0 spiro atoms. The first-order valence-electron chi connectivity index (χ1n) is 7.61. The van der Waals surface area contributed by atoms with Gasteiger partial charge in [-0.1, -0.05) is 24.3 Å². The molecule has 0 aromatic heterocycles. The zero-order valence-corrected chi connectivity index (χ0v) is 13.0. The number of anilines is 2. The van der Waals surface area contributed by atoms with Gasteiger partial charge < -0.3 is 16.8 Å². The van der Waals surface area contributed by atoms with Crippen molar-refractivity contribution in [3.05, 3.63) is 58.1 Å². The van der Waals surface area contributed by atoms with Gasteiger partial charge in [0.25, 0.3) is 0 Å². The van der Waals surface area contributed by atoms with Crippen molar-refractivity contribution in [2.24, 2.45) is 5.73 Å². The fourth-order valence-electron chi connectivity index (χ4n) is 3.16. The Labute approximate surface area is 134 Å². The highest BCUT2D eigenvalue weighted by molar-refractivity contribution is 6.31. The Kier molecular flexibility index (Phi) is 3.88. The highest BCUT2D eigenvalue weighted by Crippen LogP contribution is 2.37. The van der Waals surface area contributed by atoms with Gasteiger partial charge in [-0.15, -0.1) is 0 Å². The predicted molar refractivity (Wildman–Crippen MR) is 91.1 cm³/mol. The smallest absolute Gasteiger partial charge is 0.196 e. The summed E-state index contributed by atoms with van der Waals surface area (Å²) in [5.74, 6) is -0.292. The second kappa shape index (κ2) is 5.85. The van der Waals surface area contributed by atoms with Crippen molar-refractivity contribution < 1.29 is 9.59 Å². The van der Waals surface area contributed by atoms with E-state index in [0.29, 0.717) is 46.6 Å². The molecule has 0 bridgehead atoms. The van der Waals surface area contributed by atoms with E-state index in [1.165, 1.54) is 0 Å². The second-order valence-electron chi connectivity index (χ2n) is 5.60. The number of benzene rings is 2. The van der Waals surface area contributed by atoms with Crippen molar-refractivity contribution in [3.8, 4) is 0 Å². The molecule has 2 aromatic carbocycles. The highest BCUT2D eigenvalue weighted by Gasteiger charge is 2.34. The Morgan fingerprint density at radius 2 is 1.65 bits per heavy atom. The largest absolute Gasteiger partial charge is 0.397 e. The summed E-state index contributed by atoms with van der Waals surface area (Å²) in [5, 5.41) is 2.97. The van der Waals surface area contributed by atoms with Gasteiger partial charge in [-0.2, -0.15) is 0 Å². The predicted octanol–water partition coefficient (Wildman–Crippen LogP) is 1.98. The molecular weight excluding hydrogens is 290 g/mol. The number of carbonyl (C=O) groups excluding carboxylic acids is 2. The lowest BCUT2D eigenvalue weighted by atomic mass is 9.79. The standard InChI is InChI=1S/C18H19N3O2/c1-21-16-13(20)9-10(5-4-8-19)14-15(16)18(23)12-7-3-2-6-11(12)17(14)22/h2-3,6-7,9,21H,4-5,8,19-20H2,1H3. The first-order chi connectivity index (χ1) is 11.1. The molecule has 1 aliphatic rings. The van der Waals surface area contributed by atoms with Crippen LogP contribution < -0.4 is 16.8 Å².